The molecule has 0 unspecified atom stereocenters. The van der Waals surface area contributed by atoms with Crippen LogP contribution in [-0.2, 0) is 0 Å². The van der Waals surface area contributed by atoms with Crippen molar-refractivity contribution in [3.63, 3.8) is 0 Å². The van der Waals surface area contributed by atoms with E-state index < -0.39 is 18.0 Å². The Balaban J connectivity index is 0.000000487. The molecule has 0 radical (unpaired) electrons. The monoisotopic (exact) mass is 227 g/mol. The van der Waals surface area contributed by atoms with Gasteiger partial charge in [-0.25, -0.2) is 14.4 Å². The first-order chi connectivity index (χ1) is 7.34. The number of amides is 1. The summed E-state index contributed by atoms with van der Waals surface area (Å²) in [5.41, 5.74) is 3.99. The van der Waals surface area contributed by atoms with Crippen molar-refractivity contribution in [2.24, 2.45) is 5.73 Å². The maximum Gasteiger partial charge on any atom is 0.402 e. The molecule has 0 fully saturated rings. The molecule has 0 bridgehead atoms. The summed E-state index contributed by atoms with van der Waals surface area (Å²) >= 11 is 0. The number of carboxylic acid groups (broad SMARTS) is 3. The van der Waals surface area contributed by atoms with Gasteiger partial charge in [0.1, 0.15) is 0 Å². The van der Waals surface area contributed by atoms with E-state index in [1.54, 1.807) is 0 Å². The molecule has 1 amide bonds. The van der Waals surface area contributed by atoms with E-state index >= 15 is 0 Å². The van der Waals surface area contributed by atoms with E-state index in [2.05, 4.69) is 5.73 Å². The lowest BCUT2D eigenvalue weighted by molar-refractivity contribution is 0.0696. The summed E-state index contributed by atoms with van der Waals surface area (Å²) < 4.78 is 0. The molecule has 0 saturated carbocycles. The molecule has 0 aromatic heterocycles. The van der Waals surface area contributed by atoms with Crippen LogP contribution in [0.1, 0.15) is 20.7 Å². The molecule has 7 heteroatoms. The van der Waals surface area contributed by atoms with E-state index in [1.807, 2.05) is 0 Å². The molecule has 7 nitrogen and oxygen atoms in total. The van der Waals surface area contributed by atoms with Crippen molar-refractivity contribution in [2.45, 2.75) is 0 Å². The molecule has 0 spiro atoms. The molecule has 5 N–H and O–H groups in total. The normalized spacial score (nSPS) is 8.50. The highest BCUT2D eigenvalue weighted by molar-refractivity contribution is 5.93. The number of rotatable bonds is 2. The Labute approximate surface area is 89.7 Å². The zero-order chi connectivity index (χ0) is 12.7. The molecule has 86 valence electrons. The number of benzene rings is 1. The van der Waals surface area contributed by atoms with Crippen LogP contribution in [0.15, 0.2) is 24.3 Å². The lowest BCUT2D eigenvalue weighted by atomic mass is 10.1. The van der Waals surface area contributed by atoms with E-state index in [9.17, 15) is 9.59 Å². The molecule has 1 rings (SSSR count). The van der Waals surface area contributed by atoms with Crippen LogP contribution in [0.4, 0.5) is 4.79 Å². The van der Waals surface area contributed by atoms with Gasteiger partial charge in [0.15, 0.2) is 0 Å². The smallest absolute Gasteiger partial charge is 0.402 e. The van der Waals surface area contributed by atoms with Gasteiger partial charge in [-0.1, -0.05) is 6.07 Å². The van der Waals surface area contributed by atoms with Crippen molar-refractivity contribution in [2.75, 3.05) is 0 Å². The third-order valence-electron chi connectivity index (χ3n) is 1.36. The van der Waals surface area contributed by atoms with Gasteiger partial charge in [-0.2, -0.15) is 0 Å². The molecule has 16 heavy (non-hydrogen) atoms. The third-order valence-corrected chi connectivity index (χ3v) is 1.36. The quantitative estimate of drug-likeness (QED) is 0.586. The van der Waals surface area contributed by atoms with Gasteiger partial charge in [-0.05, 0) is 18.2 Å². The first-order valence-electron chi connectivity index (χ1n) is 3.89. The number of aromatic carboxylic acids is 2. The molecule has 0 aliphatic rings. The van der Waals surface area contributed by atoms with Crippen LogP contribution in [0.3, 0.4) is 0 Å². The summed E-state index contributed by atoms with van der Waals surface area (Å²) in [5.74, 6) is -2.25. The average Bonchev–Trinajstić information content (AvgIpc) is 2.17. The van der Waals surface area contributed by atoms with Crippen molar-refractivity contribution in [3.05, 3.63) is 35.4 Å². The van der Waals surface area contributed by atoms with E-state index in [0.717, 1.165) is 6.07 Å². The maximum absolute atomic E-state index is 10.4. The summed E-state index contributed by atoms with van der Waals surface area (Å²) in [6, 6.07) is 5.20. The van der Waals surface area contributed by atoms with Gasteiger partial charge in [0.25, 0.3) is 0 Å². The molecule has 1 aromatic carbocycles. The number of primary amides is 1. The summed E-state index contributed by atoms with van der Waals surface area (Å²) in [6.07, 6.45) is -1.33. The summed E-state index contributed by atoms with van der Waals surface area (Å²) in [5, 5.41) is 24.2. The van der Waals surface area contributed by atoms with Crippen LogP contribution in [-0.4, -0.2) is 33.4 Å². The zero-order valence-corrected chi connectivity index (χ0v) is 7.95. The molecule has 0 atom stereocenters. The Hall–Kier alpha value is -2.57. The Bertz CT molecular complexity index is 381. The second kappa shape index (κ2) is 6.02. The second-order valence-electron chi connectivity index (χ2n) is 2.53. The molecule has 0 heterocycles. The highest BCUT2D eigenvalue weighted by Gasteiger charge is 2.06. The minimum absolute atomic E-state index is 0.0186. The summed E-state index contributed by atoms with van der Waals surface area (Å²) in [4.78, 5) is 29.5. The second-order valence-corrected chi connectivity index (χ2v) is 2.53. The van der Waals surface area contributed by atoms with E-state index in [-0.39, 0.29) is 11.1 Å². The predicted octanol–water partition coefficient (Wildman–Crippen LogP) is 0.706. The zero-order valence-electron chi connectivity index (χ0n) is 7.95. The average molecular weight is 227 g/mol. The number of hydrogen-bond acceptors (Lipinski definition) is 3. The molecule has 0 saturated heterocycles. The highest BCUT2D eigenvalue weighted by atomic mass is 16.4. The molecular weight excluding hydrogens is 218 g/mol. The van der Waals surface area contributed by atoms with Crippen LogP contribution in [0, 0.1) is 0 Å². The fourth-order valence-corrected chi connectivity index (χ4v) is 0.785. The topological polar surface area (TPSA) is 138 Å². The molecule has 1 aromatic rings. The molecule has 0 aliphatic heterocycles. The van der Waals surface area contributed by atoms with Crippen LogP contribution < -0.4 is 5.73 Å². The van der Waals surface area contributed by atoms with Gasteiger partial charge < -0.3 is 21.1 Å². The van der Waals surface area contributed by atoms with Crippen molar-refractivity contribution in [1.82, 2.24) is 0 Å². The van der Waals surface area contributed by atoms with E-state index in [1.165, 1.54) is 18.2 Å². The predicted molar refractivity (Wildman–Crippen MR) is 52.6 cm³/mol. The van der Waals surface area contributed by atoms with Crippen molar-refractivity contribution < 1.29 is 29.7 Å². The van der Waals surface area contributed by atoms with Crippen LogP contribution in [0.25, 0.3) is 0 Å². The SMILES string of the molecule is NC(=O)O.O=C(O)c1cccc(C(=O)O)c1. The minimum atomic E-state index is -1.33. The van der Waals surface area contributed by atoms with Gasteiger partial charge in [-0.15, -0.1) is 0 Å². The van der Waals surface area contributed by atoms with Gasteiger partial charge in [0, 0.05) is 0 Å². The van der Waals surface area contributed by atoms with Crippen LogP contribution in [0.5, 0.6) is 0 Å². The first kappa shape index (κ1) is 13.4. The number of carbonyl (C=O) groups is 3. The lowest BCUT2D eigenvalue weighted by Gasteiger charge is -1.95. The van der Waals surface area contributed by atoms with Gasteiger partial charge in [0.2, 0.25) is 0 Å². The fraction of sp³-hybridized carbons (Fsp3) is 0. The Kier molecular flexibility index (Phi) is 5.05. The largest absolute Gasteiger partial charge is 0.478 e. The Morgan fingerprint density at radius 2 is 1.25 bits per heavy atom. The van der Waals surface area contributed by atoms with Gasteiger partial charge in [0.05, 0.1) is 11.1 Å². The Morgan fingerprint density at radius 3 is 1.50 bits per heavy atom. The number of carboxylic acids is 2. The van der Waals surface area contributed by atoms with Crippen molar-refractivity contribution >= 4 is 18.0 Å². The summed E-state index contributed by atoms with van der Waals surface area (Å²) in [7, 11) is 0. The standard InChI is InChI=1S/C8H6O4.CH3NO2/c9-7(10)5-2-1-3-6(4-5)8(11)12;2-1(3)4/h1-4H,(H,9,10)(H,11,12);2H2,(H,3,4). The molecule has 0 aliphatic carbocycles. The van der Waals surface area contributed by atoms with Crippen LogP contribution >= 0.6 is 0 Å². The maximum atomic E-state index is 10.4. The van der Waals surface area contributed by atoms with Crippen molar-refractivity contribution in [3.8, 4) is 0 Å². The lowest BCUT2D eigenvalue weighted by Crippen LogP contribution is -2.03. The third kappa shape index (κ3) is 5.22. The minimum Gasteiger partial charge on any atom is -0.478 e. The fourth-order valence-electron chi connectivity index (χ4n) is 0.785. The first-order valence-corrected chi connectivity index (χ1v) is 3.89. The van der Waals surface area contributed by atoms with Gasteiger partial charge in [-0.3, -0.25) is 0 Å². The van der Waals surface area contributed by atoms with Gasteiger partial charge >= 0.3 is 18.0 Å². The highest BCUT2D eigenvalue weighted by Crippen LogP contribution is 2.04. The van der Waals surface area contributed by atoms with Crippen LogP contribution in [0.2, 0.25) is 0 Å². The Morgan fingerprint density at radius 1 is 0.938 bits per heavy atom. The van der Waals surface area contributed by atoms with Crippen molar-refractivity contribution in [1.29, 1.82) is 0 Å². The number of hydrogen-bond donors (Lipinski definition) is 4. The summed E-state index contributed by atoms with van der Waals surface area (Å²) in [6.45, 7) is 0. The van der Waals surface area contributed by atoms with E-state index in [4.69, 9.17) is 20.1 Å². The number of nitrogens with two attached hydrogens (primary N) is 1. The molecular formula is C9H9NO6. The van der Waals surface area contributed by atoms with E-state index in [0.29, 0.717) is 0 Å².